The Balaban J connectivity index is 1.47. The maximum absolute atomic E-state index is 6.05. The van der Waals surface area contributed by atoms with Gasteiger partial charge in [0.25, 0.3) is 0 Å². The van der Waals surface area contributed by atoms with Gasteiger partial charge in [-0.3, -0.25) is 5.01 Å². The summed E-state index contributed by atoms with van der Waals surface area (Å²) < 4.78 is 13.3. The molecule has 1 aliphatic rings. The molecule has 0 aliphatic carbocycles. The number of rotatable bonds is 6. The largest absolute Gasteiger partial charge is 0.497 e. The fourth-order valence-corrected chi connectivity index (χ4v) is 4.63. The fraction of sp³-hybridized carbons (Fsp3) is 0.133. The van der Waals surface area contributed by atoms with E-state index >= 15 is 0 Å². The highest BCUT2D eigenvalue weighted by molar-refractivity contribution is 6.03. The molecule has 0 saturated carbocycles. The van der Waals surface area contributed by atoms with Gasteiger partial charge in [-0.2, -0.15) is 10.2 Å². The monoisotopic (exact) mass is 474 g/mol. The Hall–Kier alpha value is -4.58. The number of aromatic nitrogens is 2. The number of aryl methyl sites for hydroxylation is 1. The molecule has 6 rings (SSSR count). The second-order valence-electron chi connectivity index (χ2n) is 8.80. The standard InChI is InChI=1S/C30H26N4O2/c1-21-13-18-29(36-21)30-26(20-33(32-30)23-9-5-3-6-10-23)28-19-27(22-14-16-25(35-2)17-15-22)31-34(28)24-11-7-4-8-12-24/h3-18,20,28H,19H2,1-2H3. The molecule has 0 bridgehead atoms. The number of anilines is 1. The molecule has 0 saturated heterocycles. The first kappa shape index (κ1) is 21.9. The molecule has 0 spiro atoms. The van der Waals surface area contributed by atoms with Crippen molar-refractivity contribution in [1.82, 2.24) is 9.78 Å². The molecule has 0 fully saturated rings. The number of benzene rings is 3. The van der Waals surface area contributed by atoms with Gasteiger partial charge in [0.2, 0.25) is 0 Å². The molecule has 5 aromatic rings. The molecular formula is C30H26N4O2. The number of methoxy groups -OCH3 is 1. The maximum atomic E-state index is 6.05. The lowest BCUT2D eigenvalue weighted by molar-refractivity contribution is 0.415. The summed E-state index contributed by atoms with van der Waals surface area (Å²) >= 11 is 0. The van der Waals surface area contributed by atoms with Crippen molar-refractivity contribution in [3.63, 3.8) is 0 Å². The fourth-order valence-electron chi connectivity index (χ4n) is 4.63. The van der Waals surface area contributed by atoms with Crippen LogP contribution in [0.1, 0.15) is 29.3 Å². The Labute approximate surface area is 210 Å². The zero-order valence-electron chi connectivity index (χ0n) is 20.2. The first-order chi connectivity index (χ1) is 17.7. The summed E-state index contributed by atoms with van der Waals surface area (Å²) in [7, 11) is 1.68. The summed E-state index contributed by atoms with van der Waals surface area (Å²) in [5.41, 5.74) is 5.99. The lowest BCUT2D eigenvalue weighted by Crippen LogP contribution is -2.18. The molecule has 6 nitrogen and oxygen atoms in total. The molecule has 1 aliphatic heterocycles. The van der Waals surface area contributed by atoms with Crippen LogP contribution < -0.4 is 9.75 Å². The molecule has 3 aromatic carbocycles. The van der Waals surface area contributed by atoms with E-state index in [1.165, 1.54) is 0 Å². The first-order valence-electron chi connectivity index (χ1n) is 12.0. The van der Waals surface area contributed by atoms with Crippen LogP contribution in [-0.2, 0) is 0 Å². The number of hydrogen-bond acceptors (Lipinski definition) is 5. The van der Waals surface area contributed by atoms with Crippen molar-refractivity contribution in [2.24, 2.45) is 5.10 Å². The maximum Gasteiger partial charge on any atom is 0.154 e. The second-order valence-corrected chi connectivity index (χ2v) is 8.80. The van der Waals surface area contributed by atoms with E-state index in [0.717, 1.165) is 57.6 Å². The van der Waals surface area contributed by atoms with Crippen molar-refractivity contribution in [3.05, 3.63) is 120 Å². The van der Waals surface area contributed by atoms with Gasteiger partial charge in [0.15, 0.2) is 5.76 Å². The molecular weight excluding hydrogens is 448 g/mol. The number of ether oxygens (including phenoxy) is 1. The Kier molecular flexibility index (Phi) is 5.62. The van der Waals surface area contributed by atoms with Crippen LogP contribution in [0, 0.1) is 6.92 Å². The number of furan rings is 1. The van der Waals surface area contributed by atoms with E-state index in [9.17, 15) is 0 Å². The van der Waals surface area contributed by atoms with Crippen molar-refractivity contribution < 1.29 is 9.15 Å². The van der Waals surface area contributed by atoms with Crippen LogP contribution >= 0.6 is 0 Å². The van der Waals surface area contributed by atoms with E-state index in [4.69, 9.17) is 19.4 Å². The van der Waals surface area contributed by atoms with Crippen molar-refractivity contribution in [1.29, 1.82) is 0 Å². The van der Waals surface area contributed by atoms with Gasteiger partial charge in [0.05, 0.1) is 30.2 Å². The number of para-hydroxylation sites is 2. The van der Waals surface area contributed by atoms with E-state index in [-0.39, 0.29) is 6.04 Å². The molecule has 1 atom stereocenters. The Morgan fingerprint density at radius 3 is 2.17 bits per heavy atom. The molecule has 0 radical (unpaired) electrons. The molecule has 2 aromatic heterocycles. The SMILES string of the molecule is COc1ccc(C2=NN(c3ccccc3)C(c3cn(-c4ccccc4)nc3-c3ccc(C)o3)C2)cc1. The summed E-state index contributed by atoms with van der Waals surface area (Å²) in [6, 6.07) is 32.4. The third kappa shape index (κ3) is 4.07. The summed E-state index contributed by atoms with van der Waals surface area (Å²) in [6.07, 6.45) is 2.84. The number of hydrazone groups is 1. The molecule has 1 unspecified atom stereocenters. The van der Waals surface area contributed by atoms with Gasteiger partial charge in [0, 0.05) is 18.2 Å². The van der Waals surface area contributed by atoms with Crippen LogP contribution in [0.5, 0.6) is 5.75 Å². The van der Waals surface area contributed by atoms with Crippen LogP contribution in [0.2, 0.25) is 0 Å². The smallest absolute Gasteiger partial charge is 0.154 e. The van der Waals surface area contributed by atoms with Crippen LogP contribution in [0.3, 0.4) is 0 Å². The van der Waals surface area contributed by atoms with E-state index in [2.05, 4.69) is 47.6 Å². The zero-order valence-corrected chi connectivity index (χ0v) is 20.2. The van der Waals surface area contributed by atoms with Crippen molar-refractivity contribution in [2.45, 2.75) is 19.4 Å². The predicted octanol–water partition coefficient (Wildman–Crippen LogP) is 6.81. The van der Waals surface area contributed by atoms with Gasteiger partial charge >= 0.3 is 0 Å². The van der Waals surface area contributed by atoms with Crippen LogP contribution in [-0.4, -0.2) is 22.6 Å². The quantitative estimate of drug-likeness (QED) is 0.271. The average Bonchev–Trinajstić information content (AvgIpc) is 3.68. The highest BCUT2D eigenvalue weighted by Gasteiger charge is 2.34. The Morgan fingerprint density at radius 1 is 0.833 bits per heavy atom. The topological polar surface area (TPSA) is 55.8 Å². The van der Waals surface area contributed by atoms with Gasteiger partial charge in [-0.1, -0.05) is 36.4 Å². The molecule has 178 valence electrons. The lowest BCUT2D eigenvalue weighted by Gasteiger charge is -2.23. The van der Waals surface area contributed by atoms with E-state index in [1.807, 2.05) is 72.3 Å². The second kappa shape index (κ2) is 9.23. The van der Waals surface area contributed by atoms with Crippen molar-refractivity contribution in [3.8, 4) is 22.9 Å². The zero-order chi connectivity index (χ0) is 24.5. The van der Waals surface area contributed by atoms with Crippen LogP contribution in [0.15, 0.2) is 113 Å². The molecule has 6 heteroatoms. The lowest BCUT2D eigenvalue weighted by atomic mass is 9.97. The van der Waals surface area contributed by atoms with Gasteiger partial charge in [-0.15, -0.1) is 0 Å². The highest BCUT2D eigenvalue weighted by atomic mass is 16.5. The number of nitrogens with zero attached hydrogens (tertiary/aromatic N) is 4. The van der Waals surface area contributed by atoms with E-state index < -0.39 is 0 Å². The molecule has 0 N–H and O–H groups in total. The molecule has 0 amide bonds. The minimum atomic E-state index is -0.0534. The Morgan fingerprint density at radius 2 is 1.53 bits per heavy atom. The van der Waals surface area contributed by atoms with Gasteiger partial charge in [-0.05, 0) is 73.2 Å². The summed E-state index contributed by atoms with van der Waals surface area (Å²) in [6.45, 7) is 1.95. The summed E-state index contributed by atoms with van der Waals surface area (Å²) in [5, 5.41) is 12.2. The number of hydrogen-bond donors (Lipinski definition) is 0. The van der Waals surface area contributed by atoms with Crippen molar-refractivity contribution >= 4 is 11.4 Å². The molecule has 36 heavy (non-hydrogen) atoms. The van der Waals surface area contributed by atoms with Crippen LogP contribution in [0.25, 0.3) is 17.1 Å². The predicted molar refractivity (Wildman–Crippen MR) is 142 cm³/mol. The average molecular weight is 475 g/mol. The highest BCUT2D eigenvalue weighted by Crippen LogP contribution is 2.41. The minimum Gasteiger partial charge on any atom is -0.497 e. The van der Waals surface area contributed by atoms with Gasteiger partial charge < -0.3 is 9.15 Å². The van der Waals surface area contributed by atoms with E-state index in [1.54, 1.807) is 7.11 Å². The van der Waals surface area contributed by atoms with Gasteiger partial charge in [-0.25, -0.2) is 4.68 Å². The molecule has 3 heterocycles. The summed E-state index contributed by atoms with van der Waals surface area (Å²) in [4.78, 5) is 0. The minimum absolute atomic E-state index is 0.0534. The summed E-state index contributed by atoms with van der Waals surface area (Å²) in [5.74, 6) is 2.43. The third-order valence-corrected chi connectivity index (χ3v) is 6.45. The third-order valence-electron chi connectivity index (χ3n) is 6.45. The van der Waals surface area contributed by atoms with Gasteiger partial charge in [0.1, 0.15) is 17.2 Å². The Bertz CT molecular complexity index is 1500. The van der Waals surface area contributed by atoms with Crippen molar-refractivity contribution in [2.75, 3.05) is 12.1 Å². The first-order valence-corrected chi connectivity index (χ1v) is 12.0. The van der Waals surface area contributed by atoms with E-state index in [0.29, 0.717) is 0 Å². The normalized spacial score (nSPS) is 15.2. The van der Waals surface area contributed by atoms with Crippen LogP contribution in [0.4, 0.5) is 5.69 Å².